The maximum Gasteiger partial charge on any atom is 0.274 e. The lowest BCUT2D eigenvalue weighted by Gasteiger charge is -2.35. The molecule has 1 amide bonds. The minimum Gasteiger partial charge on any atom is -0.503 e. The normalized spacial score (nSPS) is 21.3. The highest BCUT2D eigenvalue weighted by molar-refractivity contribution is 6.32. The fourth-order valence-electron chi connectivity index (χ4n) is 4.67. The molecule has 0 radical (unpaired) electrons. The van der Waals surface area contributed by atoms with Gasteiger partial charge in [0.05, 0.1) is 24.8 Å². The number of halogens is 2. The Morgan fingerprint density at radius 3 is 2.73 bits per heavy atom. The second-order valence-electron chi connectivity index (χ2n) is 8.54. The molecule has 8 nitrogen and oxygen atoms in total. The Hall–Kier alpha value is -2.91. The van der Waals surface area contributed by atoms with E-state index in [0.717, 1.165) is 0 Å². The standard InChI is InChI=1S/C23H24ClFN2O6/c1-26-11-23(8-13(23)10-32-2)27-9-14(20(29)21(30)19(27)22(26)31)15(28)6-4-12-5-7-16(33-3)17(24)18(12)25/h5,7,9,13,30H,4,6,8,10-11H2,1-3H3/t13-,23-/m1/s1. The molecule has 0 unspecified atom stereocenters. The summed E-state index contributed by atoms with van der Waals surface area (Å²) >= 11 is 5.94. The topological polar surface area (TPSA) is 98.1 Å². The number of hydrogen-bond acceptors (Lipinski definition) is 6. The lowest BCUT2D eigenvalue weighted by molar-refractivity contribution is 0.0664. The second-order valence-corrected chi connectivity index (χ2v) is 8.92. The molecule has 33 heavy (non-hydrogen) atoms. The average Bonchev–Trinajstić information content (AvgIpc) is 3.47. The second kappa shape index (κ2) is 8.46. The summed E-state index contributed by atoms with van der Waals surface area (Å²) < 4.78 is 26.3. The van der Waals surface area contributed by atoms with Crippen molar-refractivity contribution in [1.82, 2.24) is 9.47 Å². The Morgan fingerprint density at radius 1 is 1.33 bits per heavy atom. The van der Waals surface area contributed by atoms with Crippen molar-refractivity contribution in [3.8, 4) is 11.5 Å². The Bertz CT molecular complexity index is 1210. The Labute approximate surface area is 194 Å². The molecule has 176 valence electrons. The highest BCUT2D eigenvalue weighted by atomic mass is 35.5. The Kier molecular flexibility index (Phi) is 5.96. The molecular formula is C23H24ClFN2O6. The Morgan fingerprint density at radius 2 is 2.06 bits per heavy atom. The van der Waals surface area contributed by atoms with Gasteiger partial charge < -0.3 is 24.0 Å². The fourth-order valence-corrected chi connectivity index (χ4v) is 4.93. The highest BCUT2D eigenvalue weighted by Crippen LogP contribution is 2.53. The maximum absolute atomic E-state index is 14.5. The van der Waals surface area contributed by atoms with Crippen molar-refractivity contribution in [2.45, 2.75) is 24.8 Å². The molecule has 1 aliphatic heterocycles. The van der Waals surface area contributed by atoms with E-state index in [2.05, 4.69) is 0 Å². The van der Waals surface area contributed by atoms with Crippen molar-refractivity contribution in [3.05, 3.63) is 56.2 Å². The molecule has 2 atom stereocenters. The fraction of sp³-hybridized carbons (Fsp3) is 0.435. The van der Waals surface area contributed by atoms with E-state index in [1.165, 1.54) is 30.3 Å². The lowest BCUT2D eigenvalue weighted by atomic mass is 10.00. The number of ether oxygens (including phenoxy) is 2. The first-order chi connectivity index (χ1) is 15.7. The van der Waals surface area contributed by atoms with E-state index in [0.29, 0.717) is 19.6 Å². The summed E-state index contributed by atoms with van der Waals surface area (Å²) in [5, 5.41) is 10.4. The number of benzene rings is 1. The van der Waals surface area contributed by atoms with Crippen LogP contribution in [-0.4, -0.2) is 60.7 Å². The number of pyridine rings is 1. The van der Waals surface area contributed by atoms with Crippen molar-refractivity contribution in [3.63, 3.8) is 0 Å². The summed E-state index contributed by atoms with van der Waals surface area (Å²) in [6, 6.07) is 2.97. The molecule has 0 saturated heterocycles. The first-order valence-electron chi connectivity index (χ1n) is 10.4. The highest BCUT2D eigenvalue weighted by Gasteiger charge is 2.60. The predicted octanol–water partition coefficient (Wildman–Crippen LogP) is 2.62. The molecular weight excluding hydrogens is 455 g/mol. The molecule has 1 saturated carbocycles. The number of ketones is 1. The van der Waals surface area contributed by atoms with Crippen molar-refractivity contribution in [2.75, 3.05) is 34.4 Å². The van der Waals surface area contributed by atoms with Crippen LogP contribution in [0.4, 0.5) is 4.39 Å². The SMILES string of the molecule is COC[C@H]1C[C@@]12CN(C)C(=O)c1c(O)c(=O)c(C(=O)CCc3ccc(OC)c(Cl)c3F)cn12. The molecule has 1 aliphatic carbocycles. The number of fused-ring (bicyclic) bond motifs is 2. The molecule has 1 spiro atoms. The quantitative estimate of drug-likeness (QED) is 0.614. The minimum absolute atomic E-state index is 0.00452. The number of aromatic hydroxyl groups is 1. The van der Waals surface area contributed by atoms with Crippen LogP contribution in [0.3, 0.4) is 0 Å². The zero-order chi connectivity index (χ0) is 24.1. The summed E-state index contributed by atoms with van der Waals surface area (Å²) in [5.74, 6) is -2.26. The van der Waals surface area contributed by atoms with Crippen LogP contribution in [0.15, 0.2) is 23.1 Å². The molecule has 2 aromatic rings. The molecule has 2 aliphatic rings. The van der Waals surface area contributed by atoms with Crippen LogP contribution >= 0.6 is 11.6 Å². The van der Waals surface area contributed by atoms with Crippen molar-refractivity contribution >= 4 is 23.3 Å². The zero-order valence-corrected chi connectivity index (χ0v) is 19.2. The Balaban J connectivity index is 1.67. The number of aryl methyl sites for hydroxylation is 1. The van der Waals surface area contributed by atoms with E-state index in [1.807, 2.05) is 0 Å². The van der Waals surface area contributed by atoms with Gasteiger partial charge in [0.25, 0.3) is 5.91 Å². The van der Waals surface area contributed by atoms with E-state index in [1.54, 1.807) is 18.7 Å². The molecule has 2 heterocycles. The van der Waals surface area contributed by atoms with Crippen molar-refractivity contribution in [1.29, 1.82) is 0 Å². The third kappa shape index (κ3) is 3.69. The van der Waals surface area contributed by atoms with Crippen molar-refractivity contribution in [2.24, 2.45) is 5.92 Å². The van der Waals surface area contributed by atoms with Crippen LogP contribution in [0.1, 0.15) is 39.3 Å². The van der Waals surface area contributed by atoms with Gasteiger partial charge in [-0.05, 0) is 24.5 Å². The number of amides is 1. The number of Topliss-reactive ketones (excluding diaryl/α,β-unsaturated/α-hetero) is 1. The molecule has 1 aromatic heterocycles. The van der Waals surface area contributed by atoms with Gasteiger partial charge in [0, 0.05) is 39.2 Å². The largest absolute Gasteiger partial charge is 0.503 e. The van der Waals surface area contributed by atoms with Gasteiger partial charge in [0.1, 0.15) is 16.6 Å². The number of nitrogens with zero attached hydrogens (tertiary/aromatic N) is 2. The molecule has 1 fully saturated rings. The first-order valence-corrected chi connectivity index (χ1v) is 10.8. The summed E-state index contributed by atoms with van der Waals surface area (Å²) in [7, 11) is 4.55. The molecule has 1 N–H and O–H groups in total. The van der Waals surface area contributed by atoms with Gasteiger partial charge in [-0.1, -0.05) is 17.7 Å². The molecule has 1 aromatic carbocycles. The molecule has 4 rings (SSSR count). The van der Waals surface area contributed by atoms with Gasteiger partial charge in [-0.25, -0.2) is 4.39 Å². The molecule has 0 bridgehead atoms. The smallest absolute Gasteiger partial charge is 0.274 e. The third-order valence-electron chi connectivity index (χ3n) is 6.56. The monoisotopic (exact) mass is 478 g/mol. The summed E-state index contributed by atoms with van der Waals surface area (Å²) in [4.78, 5) is 39.9. The van der Waals surface area contributed by atoms with Crippen LogP contribution < -0.4 is 10.2 Å². The number of carbonyl (C=O) groups is 2. The number of hydrogen-bond donors (Lipinski definition) is 1. The van der Waals surface area contributed by atoms with E-state index in [4.69, 9.17) is 21.1 Å². The maximum atomic E-state index is 14.5. The molecule has 10 heteroatoms. The van der Waals surface area contributed by atoms with Gasteiger partial charge >= 0.3 is 0 Å². The zero-order valence-electron chi connectivity index (χ0n) is 18.5. The van der Waals surface area contributed by atoms with Crippen LogP contribution in [0.5, 0.6) is 11.5 Å². The van der Waals surface area contributed by atoms with E-state index in [-0.39, 0.29) is 46.4 Å². The van der Waals surface area contributed by atoms with E-state index in [9.17, 15) is 23.9 Å². The van der Waals surface area contributed by atoms with Crippen LogP contribution in [-0.2, 0) is 16.7 Å². The van der Waals surface area contributed by atoms with E-state index >= 15 is 0 Å². The number of aromatic nitrogens is 1. The summed E-state index contributed by atoms with van der Waals surface area (Å²) in [5.41, 5.74) is -1.63. The summed E-state index contributed by atoms with van der Waals surface area (Å²) in [6.07, 6.45) is 1.85. The van der Waals surface area contributed by atoms with Crippen LogP contribution in [0.25, 0.3) is 0 Å². The van der Waals surface area contributed by atoms with E-state index < -0.39 is 34.2 Å². The van der Waals surface area contributed by atoms with Gasteiger partial charge in [-0.15, -0.1) is 0 Å². The van der Waals surface area contributed by atoms with Crippen LogP contribution in [0, 0.1) is 11.7 Å². The average molecular weight is 479 g/mol. The lowest BCUT2D eigenvalue weighted by Crippen LogP contribution is -2.48. The first kappa shape index (κ1) is 23.3. The number of likely N-dealkylation sites (N-methyl/N-ethyl adjacent to an activating group) is 1. The van der Waals surface area contributed by atoms with Gasteiger partial charge in [0.15, 0.2) is 17.2 Å². The number of methoxy groups -OCH3 is 2. The van der Waals surface area contributed by atoms with Crippen LogP contribution in [0.2, 0.25) is 5.02 Å². The minimum atomic E-state index is -0.915. The predicted molar refractivity (Wildman–Crippen MR) is 118 cm³/mol. The van der Waals surface area contributed by atoms with Crippen molar-refractivity contribution < 1.29 is 28.6 Å². The van der Waals surface area contributed by atoms with Gasteiger partial charge in [0.2, 0.25) is 5.43 Å². The number of carbonyl (C=O) groups excluding carboxylic acids is 2. The summed E-state index contributed by atoms with van der Waals surface area (Å²) in [6.45, 7) is 0.813. The number of rotatable bonds is 7. The van der Waals surface area contributed by atoms with Gasteiger partial charge in [-0.2, -0.15) is 0 Å². The van der Waals surface area contributed by atoms with Gasteiger partial charge in [-0.3, -0.25) is 14.4 Å². The third-order valence-corrected chi connectivity index (χ3v) is 6.91.